The Hall–Kier alpha value is -7.88. The Morgan fingerprint density at radius 2 is 0.950 bits per heavy atom. The summed E-state index contributed by atoms with van der Waals surface area (Å²) < 4.78 is 0. The van der Waals surface area contributed by atoms with Gasteiger partial charge in [0.15, 0.2) is 0 Å². The van der Waals surface area contributed by atoms with Crippen LogP contribution in [-0.2, 0) is 6.54 Å². The molecule has 9 aromatic carbocycles. The third kappa shape index (κ3) is 7.37. The summed E-state index contributed by atoms with van der Waals surface area (Å²) in [4.78, 5) is 10.0. The summed E-state index contributed by atoms with van der Waals surface area (Å²) in [6.45, 7) is 0.460. The molecule has 0 aliphatic carbocycles. The van der Waals surface area contributed by atoms with Gasteiger partial charge in [-0.15, -0.1) is 0 Å². The van der Waals surface area contributed by atoms with Crippen LogP contribution in [0.3, 0.4) is 0 Å². The highest BCUT2D eigenvalue weighted by Gasteiger charge is 2.16. The van der Waals surface area contributed by atoms with Crippen molar-refractivity contribution in [3.05, 3.63) is 241 Å². The van der Waals surface area contributed by atoms with Crippen molar-refractivity contribution < 1.29 is 0 Å². The van der Waals surface area contributed by atoms with Gasteiger partial charge in [-0.1, -0.05) is 176 Å². The number of aromatic nitrogens is 1. The van der Waals surface area contributed by atoms with Crippen LogP contribution in [0.4, 0.5) is 5.69 Å². The van der Waals surface area contributed by atoms with E-state index in [2.05, 4.69) is 193 Å². The van der Waals surface area contributed by atoms with Gasteiger partial charge in [-0.25, -0.2) is 0 Å². The van der Waals surface area contributed by atoms with E-state index in [4.69, 9.17) is 10.7 Å². The van der Waals surface area contributed by atoms with Crippen molar-refractivity contribution in [1.82, 2.24) is 4.98 Å². The molecule has 0 spiro atoms. The second kappa shape index (κ2) is 16.2. The smallest absolute Gasteiger partial charge is 0.0743 e. The second-order valence-corrected chi connectivity index (χ2v) is 15.2. The van der Waals surface area contributed by atoms with Crippen LogP contribution in [0.5, 0.6) is 0 Å². The molecular weight excluding hydrogens is 727 g/mol. The summed E-state index contributed by atoms with van der Waals surface area (Å²) >= 11 is 0. The van der Waals surface area contributed by atoms with Crippen molar-refractivity contribution in [2.45, 2.75) is 6.54 Å². The summed E-state index contributed by atoms with van der Waals surface area (Å²) in [5.41, 5.74) is 22.8. The minimum atomic E-state index is 0.460. The van der Waals surface area contributed by atoms with Crippen LogP contribution in [-0.4, -0.2) is 10.7 Å². The predicted molar refractivity (Wildman–Crippen MR) is 253 cm³/mol. The van der Waals surface area contributed by atoms with E-state index in [-0.39, 0.29) is 0 Å². The van der Waals surface area contributed by atoms with E-state index in [0.717, 1.165) is 61.5 Å². The number of nitrogens with zero attached hydrogens (tertiary/aromatic N) is 2. The van der Waals surface area contributed by atoms with Crippen LogP contribution < -0.4 is 5.73 Å². The van der Waals surface area contributed by atoms with Crippen molar-refractivity contribution in [2.24, 2.45) is 4.99 Å². The first-order valence-electron chi connectivity index (χ1n) is 20.4. The molecule has 0 fully saturated rings. The summed E-state index contributed by atoms with van der Waals surface area (Å²) in [5.74, 6) is 0. The van der Waals surface area contributed by atoms with Gasteiger partial charge in [0.2, 0.25) is 0 Å². The monoisotopic (exact) mass is 767 g/mol. The maximum atomic E-state index is 6.96. The highest BCUT2D eigenvalue weighted by Crippen LogP contribution is 2.39. The van der Waals surface area contributed by atoms with E-state index >= 15 is 0 Å². The lowest BCUT2D eigenvalue weighted by Crippen LogP contribution is -2.08. The Bertz CT molecular complexity index is 3080. The summed E-state index contributed by atoms with van der Waals surface area (Å²) in [5, 5.41) is 4.88. The average Bonchev–Trinajstić information content (AvgIpc) is 3.32. The lowest BCUT2D eigenvalue weighted by atomic mass is 9.89. The molecule has 0 aliphatic rings. The molecular formula is C57H41N3. The first-order chi connectivity index (χ1) is 29.6. The normalized spacial score (nSPS) is 11.6. The minimum absolute atomic E-state index is 0.460. The van der Waals surface area contributed by atoms with Gasteiger partial charge in [0.05, 0.1) is 18.0 Å². The van der Waals surface area contributed by atoms with Gasteiger partial charge in [-0.2, -0.15) is 0 Å². The van der Waals surface area contributed by atoms with Crippen molar-refractivity contribution in [2.75, 3.05) is 5.73 Å². The van der Waals surface area contributed by atoms with Gasteiger partial charge in [0.25, 0.3) is 0 Å². The number of rotatable bonds is 9. The highest BCUT2D eigenvalue weighted by molar-refractivity contribution is 6.16. The average molecular weight is 768 g/mol. The Balaban J connectivity index is 1.07. The van der Waals surface area contributed by atoms with E-state index in [0.29, 0.717) is 12.2 Å². The molecule has 60 heavy (non-hydrogen) atoms. The quantitative estimate of drug-likeness (QED) is 0.0903. The van der Waals surface area contributed by atoms with Crippen molar-refractivity contribution >= 4 is 32.9 Å². The molecule has 1 heterocycles. The number of nitrogen functional groups attached to an aromatic ring is 1. The van der Waals surface area contributed by atoms with Gasteiger partial charge in [0.1, 0.15) is 0 Å². The molecule has 284 valence electrons. The molecule has 10 rings (SSSR count). The molecule has 0 radical (unpaired) electrons. The standard InChI is InChI=1S/C57H41N3/c58-54-37-46(42-24-22-41(23-25-42)40-13-3-1-4-14-40)30-31-53(54)57(45-15-5-2-6-16-45)60-38-39-33-49(43-26-28-44(29-27-43)55-21-11-12-32-59-55)36-50(34-39)56-51-19-9-7-17-47(51)35-48-18-8-10-20-52(48)56/h1-37H,38,58H2/b60-57-. The van der Waals surface area contributed by atoms with Gasteiger partial charge < -0.3 is 5.73 Å². The van der Waals surface area contributed by atoms with Crippen molar-refractivity contribution in [1.29, 1.82) is 0 Å². The fraction of sp³-hybridized carbons (Fsp3) is 0.0175. The maximum Gasteiger partial charge on any atom is 0.0743 e. The molecule has 1 aromatic heterocycles. The first kappa shape index (κ1) is 36.5. The number of fused-ring (bicyclic) bond motifs is 2. The number of hydrogen-bond donors (Lipinski definition) is 1. The molecule has 0 aliphatic heterocycles. The molecule has 10 aromatic rings. The summed E-state index contributed by atoms with van der Waals surface area (Å²) in [7, 11) is 0. The number of hydrogen-bond acceptors (Lipinski definition) is 3. The Kier molecular flexibility index (Phi) is 9.82. The van der Waals surface area contributed by atoms with Gasteiger partial charge >= 0.3 is 0 Å². The summed E-state index contributed by atoms with van der Waals surface area (Å²) in [6.07, 6.45) is 1.84. The highest BCUT2D eigenvalue weighted by atomic mass is 14.7. The fourth-order valence-corrected chi connectivity index (χ4v) is 8.33. The van der Waals surface area contributed by atoms with E-state index in [9.17, 15) is 0 Å². The van der Waals surface area contributed by atoms with Crippen LogP contribution in [0, 0.1) is 0 Å². The Labute approximate surface area is 350 Å². The molecule has 0 saturated carbocycles. The molecule has 0 atom stereocenters. The van der Waals surface area contributed by atoms with Gasteiger partial charge in [-0.05, 0) is 114 Å². The van der Waals surface area contributed by atoms with E-state index in [1.54, 1.807) is 0 Å². The summed E-state index contributed by atoms with van der Waals surface area (Å²) in [6, 6.07) is 77.2. The Morgan fingerprint density at radius 1 is 0.417 bits per heavy atom. The largest absolute Gasteiger partial charge is 0.398 e. The number of aliphatic imine (C=N–C) groups is 1. The van der Waals surface area contributed by atoms with Crippen molar-refractivity contribution in [3.8, 4) is 55.8 Å². The van der Waals surface area contributed by atoms with Crippen LogP contribution >= 0.6 is 0 Å². The molecule has 0 amide bonds. The topological polar surface area (TPSA) is 51.3 Å². The molecule has 2 N–H and O–H groups in total. The lowest BCUT2D eigenvalue weighted by molar-refractivity contribution is 1.07. The molecule has 0 bridgehead atoms. The Morgan fingerprint density at radius 3 is 1.60 bits per heavy atom. The zero-order chi connectivity index (χ0) is 40.3. The fourth-order valence-electron chi connectivity index (χ4n) is 8.33. The minimum Gasteiger partial charge on any atom is -0.398 e. The predicted octanol–water partition coefficient (Wildman–Crippen LogP) is 14.3. The molecule has 3 heteroatoms. The zero-order valence-corrected chi connectivity index (χ0v) is 33.0. The van der Waals surface area contributed by atoms with Crippen LogP contribution in [0.2, 0.25) is 0 Å². The van der Waals surface area contributed by atoms with E-state index in [1.807, 2.05) is 36.5 Å². The zero-order valence-electron chi connectivity index (χ0n) is 33.0. The van der Waals surface area contributed by atoms with Crippen molar-refractivity contribution in [3.63, 3.8) is 0 Å². The number of nitrogens with two attached hydrogens (primary N) is 1. The molecule has 0 saturated heterocycles. The van der Waals surface area contributed by atoms with Crippen LogP contribution in [0.25, 0.3) is 77.3 Å². The van der Waals surface area contributed by atoms with E-state index in [1.165, 1.54) is 38.2 Å². The molecule has 3 nitrogen and oxygen atoms in total. The third-order valence-corrected chi connectivity index (χ3v) is 11.3. The number of benzene rings is 9. The lowest BCUT2D eigenvalue weighted by Gasteiger charge is -2.16. The maximum absolute atomic E-state index is 6.96. The van der Waals surface area contributed by atoms with Crippen LogP contribution in [0.1, 0.15) is 16.7 Å². The second-order valence-electron chi connectivity index (χ2n) is 15.2. The van der Waals surface area contributed by atoms with Crippen LogP contribution in [0.15, 0.2) is 230 Å². The molecule has 0 unspecified atom stereocenters. The van der Waals surface area contributed by atoms with Gasteiger partial charge in [0, 0.05) is 28.6 Å². The number of pyridine rings is 1. The first-order valence-corrected chi connectivity index (χ1v) is 20.4. The third-order valence-electron chi connectivity index (χ3n) is 11.3. The van der Waals surface area contributed by atoms with Gasteiger partial charge in [-0.3, -0.25) is 9.98 Å². The SMILES string of the molecule is Nc1cc(-c2ccc(-c3ccccc3)cc2)ccc1/C(=N\Cc1cc(-c2ccc(-c3ccccn3)cc2)cc(-c2c3ccccc3cc3ccccc23)c1)c1ccccc1. The number of anilines is 1. The van der Waals surface area contributed by atoms with E-state index < -0.39 is 0 Å².